The minimum absolute atomic E-state index is 0.172. The van der Waals surface area contributed by atoms with Crippen molar-refractivity contribution in [1.29, 1.82) is 0 Å². The van der Waals surface area contributed by atoms with Gasteiger partial charge in [0.25, 0.3) is 0 Å². The van der Waals surface area contributed by atoms with Crippen molar-refractivity contribution in [2.24, 2.45) is 0 Å². The minimum Gasteiger partial charge on any atom is -0.335 e. The van der Waals surface area contributed by atoms with Crippen LogP contribution in [0.15, 0.2) is 18.2 Å². The number of hydrogen-bond acceptors (Lipinski definition) is 3. The predicted octanol–water partition coefficient (Wildman–Crippen LogP) is 2.82. The topological polar surface area (TPSA) is 35.6 Å². The molecule has 1 aromatic carbocycles. The van der Waals surface area contributed by atoms with Crippen LogP contribution in [-0.2, 0) is 11.2 Å². The van der Waals surface area contributed by atoms with Gasteiger partial charge in [-0.2, -0.15) is 0 Å². The number of hydrogen-bond donors (Lipinski definition) is 1. The number of likely N-dealkylation sites (tertiary alicyclic amines) is 1. The molecule has 3 rings (SSSR count). The summed E-state index contributed by atoms with van der Waals surface area (Å²) in [4.78, 5) is 17.5. The monoisotopic (exact) mass is 369 g/mol. The second-order valence-corrected chi connectivity index (χ2v) is 7.58. The molecule has 1 aromatic rings. The van der Waals surface area contributed by atoms with Crippen molar-refractivity contribution in [3.63, 3.8) is 0 Å². The lowest BCUT2D eigenvalue weighted by atomic mass is 10.0. The van der Waals surface area contributed by atoms with E-state index in [2.05, 4.69) is 22.0 Å². The van der Waals surface area contributed by atoms with Gasteiger partial charge in [0.1, 0.15) is 0 Å². The number of piperazine rings is 1. The highest BCUT2D eigenvalue weighted by atomic mass is 35.5. The highest BCUT2D eigenvalue weighted by Crippen LogP contribution is 2.24. The molecule has 0 radical (unpaired) electrons. The van der Waals surface area contributed by atoms with E-state index in [-0.39, 0.29) is 11.9 Å². The first-order valence-corrected chi connectivity index (χ1v) is 9.50. The van der Waals surface area contributed by atoms with Gasteiger partial charge >= 0.3 is 0 Å². The van der Waals surface area contributed by atoms with Crippen LogP contribution in [0.4, 0.5) is 0 Å². The molecule has 24 heavy (non-hydrogen) atoms. The van der Waals surface area contributed by atoms with Gasteiger partial charge in [-0.25, -0.2) is 0 Å². The number of carbonyl (C=O) groups is 1. The second-order valence-electron chi connectivity index (χ2n) is 6.77. The first-order chi connectivity index (χ1) is 11.6. The number of benzene rings is 1. The van der Waals surface area contributed by atoms with Gasteiger partial charge in [0.05, 0.1) is 22.5 Å². The van der Waals surface area contributed by atoms with Gasteiger partial charge in [0, 0.05) is 25.7 Å². The third-order valence-electron chi connectivity index (χ3n) is 5.22. The Hall–Kier alpha value is -0.810. The molecule has 2 aliphatic rings. The van der Waals surface area contributed by atoms with Crippen molar-refractivity contribution in [2.45, 2.75) is 38.3 Å². The second kappa shape index (κ2) is 8.05. The van der Waals surface area contributed by atoms with Crippen LogP contribution in [0, 0.1) is 0 Å². The fraction of sp³-hybridized carbons (Fsp3) is 0.611. The largest absolute Gasteiger partial charge is 0.335 e. The van der Waals surface area contributed by atoms with Gasteiger partial charge in [0.2, 0.25) is 5.91 Å². The molecule has 2 aliphatic heterocycles. The first-order valence-electron chi connectivity index (χ1n) is 8.74. The maximum atomic E-state index is 12.9. The zero-order valence-corrected chi connectivity index (χ0v) is 15.6. The Balaban J connectivity index is 1.69. The number of amides is 1. The van der Waals surface area contributed by atoms with Crippen LogP contribution in [0.3, 0.4) is 0 Å². The van der Waals surface area contributed by atoms with Crippen LogP contribution in [-0.4, -0.2) is 60.5 Å². The Bertz CT molecular complexity index is 590. The normalized spacial score (nSPS) is 23.5. The van der Waals surface area contributed by atoms with Gasteiger partial charge in [-0.1, -0.05) is 29.3 Å². The molecule has 2 heterocycles. The SMILES string of the molecule is C[C@@H]([C@@H]1CNCCN1C(=O)Cc1ccc(Cl)c(Cl)c1)N1CCCC1. The smallest absolute Gasteiger partial charge is 0.227 e. The number of halogens is 2. The maximum Gasteiger partial charge on any atom is 0.227 e. The van der Waals surface area contributed by atoms with Crippen molar-refractivity contribution >= 4 is 29.1 Å². The Labute approximate surface area is 154 Å². The van der Waals surface area contributed by atoms with E-state index in [0.29, 0.717) is 22.5 Å². The summed E-state index contributed by atoms with van der Waals surface area (Å²) in [6, 6.07) is 6.05. The van der Waals surface area contributed by atoms with Crippen LogP contribution < -0.4 is 5.32 Å². The number of carbonyl (C=O) groups excluding carboxylic acids is 1. The number of rotatable bonds is 4. The molecule has 132 valence electrons. The Kier molecular flexibility index (Phi) is 6.03. The fourth-order valence-corrected chi connectivity index (χ4v) is 4.10. The molecule has 0 bridgehead atoms. The Morgan fingerprint density at radius 3 is 2.71 bits per heavy atom. The predicted molar refractivity (Wildman–Crippen MR) is 98.8 cm³/mol. The van der Waals surface area contributed by atoms with E-state index < -0.39 is 0 Å². The molecule has 4 nitrogen and oxygen atoms in total. The minimum atomic E-state index is 0.172. The molecule has 6 heteroatoms. The highest BCUT2D eigenvalue weighted by Gasteiger charge is 2.34. The summed E-state index contributed by atoms with van der Waals surface area (Å²) < 4.78 is 0. The van der Waals surface area contributed by atoms with Crippen LogP contribution in [0.1, 0.15) is 25.3 Å². The zero-order chi connectivity index (χ0) is 17.1. The quantitative estimate of drug-likeness (QED) is 0.886. The van der Waals surface area contributed by atoms with Crippen LogP contribution in [0.2, 0.25) is 10.0 Å². The molecule has 1 N–H and O–H groups in total. The molecule has 2 saturated heterocycles. The van der Waals surface area contributed by atoms with E-state index in [4.69, 9.17) is 23.2 Å². The molecule has 2 fully saturated rings. The summed E-state index contributed by atoms with van der Waals surface area (Å²) in [5, 5.41) is 4.47. The molecule has 0 saturated carbocycles. The standard InChI is InChI=1S/C18H25Cl2N3O/c1-13(22-7-2-3-8-22)17-12-21-6-9-23(17)18(24)11-14-4-5-15(19)16(20)10-14/h4-5,10,13,17,21H,2-3,6-9,11-12H2,1H3/t13-,17-/m0/s1. The average Bonchev–Trinajstić information content (AvgIpc) is 3.12. The molecular weight excluding hydrogens is 345 g/mol. The van der Waals surface area contributed by atoms with Crippen LogP contribution >= 0.6 is 23.2 Å². The van der Waals surface area contributed by atoms with Gasteiger partial charge < -0.3 is 10.2 Å². The van der Waals surface area contributed by atoms with E-state index in [0.717, 1.165) is 38.3 Å². The lowest BCUT2D eigenvalue weighted by Gasteiger charge is -2.42. The molecule has 0 spiro atoms. The van der Waals surface area contributed by atoms with Crippen molar-refractivity contribution in [3.8, 4) is 0 Å². The lowest BCUT2D eigenvalue weighted by Crippen LogP contribution is -2.61. The van der Waals surface area contributed by atoms with Crippen molar-refractivity contribution in [2.75, 3.05) is 32.7 Å². The summed E-state index contributed by atoms with van der Waals surface area (Å²) in [5.74, 6) is 0.172. The van der Waals surface area contributed by atoms with Crippen molar-refractivity contribution < 1.29 is 4.79 Å². The van der Waals surface area contributed by atoms with E-state index in [1.54, 1.807) is 12.1 Å². The van der Waals surface area contributed by atoms with Gasteiger partial charge in [0.15, 0.2) is 0 Å². The van der Waals surface area contributed by atoms with E-state index in [9.17, 15) is 4.79 Å². The van der Waals surface area contributed by atoms with E-state index in [1.807, 2.05) is 6.07 Å². The Morgan fingerprint density at radius 2 is 2.00 bits per heavy atom. The molecule has 1 amide bonds. The highest BCUT2D eigenvalue weighted by molar-refractivity contribution is 6.42. The third kappa shape index (κ3) is 4.05. The summed E-state index contributed by atoms with van der Waals surface area (Å²) in [6.45, 7) is 7.03. The number of nitrogens with one attached hydrogen (secondary N) is 1. The van der Waals surface area contributed by atoms with Gasteiger partial charge in [-0.3, -0.25) is 9.69 Å². The third-order valence-corrected chi connectivity index (χ3v) is 5.96. The first kappa shape index (κ1) is 18.0. The fourth-order valence-electron chi connectivity index (χ4n) is 3.78. The molecular formula is C18H25Cl2N3O. The molecule has 0 aromatic heterocycles. The van der Waals surface area contributed by atoms with Crippen molar-refractivity contribution in [1.82, 2.24) is 15.1 Å². The van der Waals surface area contributed by atoms with Gasteiger partial charge in [-0.15, -0.1) is 0 Å². The van der Waals surface area contributed by atoms with Crippen molar-refractivity contribution in [3.05, 3.63) is 33.8 Å². The van der Waals surface area contributed by atoms with Gasteiger partial charge in [-0.05, 0) is 50.6 Å². The summed E-state index contributed by atoms with van der Waals surface area (Å²) in [5.41, 5.74) is 0.917. The average molecular weight is 370 g/mol. The summed E-state index contributed by atoms with van der Waals surface area (Å²) in [7, 11) is 0. The zero-order valence-electron chi connectivity index (χ0n) is 14.1. The number of nitrogens with zero attached hydrogens (tertiary/aromatic N) is 2. The van der Waals surface area contributed by atoms with E-state index in [1.165, 1.54) is 12.8 Å². The summed E-state index contributed by atoms with van der Waals surface area (Å²) >= 11 is 12.0. The van der Waals surface area contributed by atoms with Crippen LogP contribution in [0.5, 0.6) is 0 Å². The lowest BCUT2D eigenvalue weighted by molar-refractivity contribution is -0.135. The maximum absolute atomic E-state index is 12.9. The molecule has 0 aliphatic carbocycles. The summed E-state index contributed by atoms with van der Waals surface area (Å²) in [6.07, 6.45) is 2.91. The molecule has 2 atom stereocenters. The Morgan fingerprint density at radius 1 is 1.25 bits per heavy atom. The van der Waals surface area contributed by atoms with E-state index >= 15 is 0 Å². The molecule has 0 unspecified atom stereocenters. The van der Waals surface area contributed by atoms with Crippen LogP contribution in [0.25, 0.3) is 0 Å².